The molecule has 0 unspecified atom stereocenters. The summed E-state index contributed by atoms with van der Waals surface area (Å²) in [6, 6.07) is 13.3. The average Bonchev–Trinajstić information content (AvgIpc) is 2.99. The number of hydrogen-bond donors (Lipinski definition) is 0. The monoisotopic (exact) mass is 368 g/mol. The van der Waals surface area contributed by atoms with Gasteiger partial charge >= 0.3 is 0 Å². The fourth-order valence-electron chi connectivity index (χ4n) is 5.69. The van der Waals surface area contributed by atoms with Crippen LogP contribution in [0.1, 0.15) is 58.4 Å². The van der Waals surface area contributed by atoms with Gasteiger partial charge in [-0.2, -0.15) is 0 Å². The number of rotatable bonds is 6. The van der Waals surface area contributed by atoms with E-state index < -0.39 is 8.24 Å². The van der Waals surface area contributed by atoms with Gasteiger partial charge in [-0.25, -0.2) is 0 Å². The van der Waals surface area contributed by atoms with E-state index in [0.29, 0.717) is 0 Å². The minimum Gasteiger partial charge on any atom is -0.377 e. The van der Waals surface area contributed by atoms with Crippen LogP contribution in [0.3, 0.4) is 0 Å². The SMILES string of the molecule is CC(C)[Si](C(C)C)(C(C)C)n1ccc2c1CCN(Cc1ccccc1)C2. The van der Waals surface area contributed by atoms with E-state index in [4.69, 9.17) is 0 Å². The van der Waals surface area contributed by atoms with Crippen molar-refractivity contribution < 1.29 is 0 Å². The summed E-state index contributed by atoms with van der Waals surface area (Å²) >= 11 is 0. The maximum absolute atomic E-state index is 2.81. The summed E-state index contributed by atoms with van der Waals surface area (Å²) in [6.45, 7) is 18.1. The van der Waals surface area contributed by atoms with Crippen LogP contribution < -0.4 is 0 Å². The van der Waals surface area contributed by atoms with Crippen molar-refractivity contribution in [2.45, 2.75) is 77.7 Å². The molecule has 3 rings (SSSR count). The van der Waals surface area contributed by atoms with Gasteiger partial charge in [-0.1, -0.05) is 71.9 Å². The molecule has 0 saturated carbocycles. The Bertz CT molecular complexity index is 693. The fraction of sp³-hybridized carbons (Fsp3) is 0.565. The average molecular weight is 369 g/mol. The second kappa shape index (κ2) is 7.73. The Hall–Kier alpha value is -1.32. The van der Waals surface area contributed by atoms with Crippen LogP contribution in [0.25, 0.3) is 0 Å². The molecule has 0 radical (unpaired) electrons. The van der Waals surface area contributed by atoms with Crippen molar-refractivity contribution in [3.8, 4) is 0 Å². The van der Waals surface area contributed by atoms with Gasteiger partial charge in [0.25, 0.3) is 0 Å². The molecule has 0 spiro atoms. The van der Waals surface area contributed by atoms with Crippen LogP contribution in [0.5, 0.6) is 0 Å². The van der Waals surface area contributed by atoms with Crippen LogP contribution in [0.2, 0.25) is 16.6 Å². The van der Waals surface area contributed by atoms with Crippen LogP contribution in [0.4, 0.5) is 0 Å². The summed E-state index contributed by atoms with van der Waals surface area (Å²) in [6.07, 6.45) is 3.64. The summed E-state index contributed by atoms with van der Waals surface area (Å²) in [7, 11) is -1.63. The van der Waals surface area contributed by atoms with Crippen LogP contribution in [0.15, 0.2) is 42.6 Å². The minimum absolute atomic E-state index is 0.751. The number of aromatic nitrogens is 1. The Kier molecular flexibility index (Phi) is 5.78. The highest BCUT2D eigenvalue weighted by Gasteiger charge is 2.46. The molecule has 1 aromatic carbocycles. The molecule has 0 N–H and O–H groups in total. The lowest BCUT2D eigenvalue weighted by Crippen LogP contribution is -2.53. The largest absolute Gasteiger partial charge is 0.377 e. The Morgan fingerprint density at radius 3 is 2.08 bits per heavy atom. The van der Waals surface area contributed by atoms with Crippen molar-refractivity contribution in [3.63, 3.8) is 0 Å². The first-order chi connectivity index (χ1) is 12.4. The molecule has 26 heavy (non-hydrogen) atoms. The highest BCUT2D eigenvalue weighted by atomic mass is 28.3. The molecule has 1 aliphatic rings. The van der Waals surface area contributed by atoms with Crippen molar-refractivity contribution in [2.24, 2.45) is 0 Å². The highest BCUT2D eigenvalue weighted by molar-refractivity contribution is 6.82. The zero-order valence-corrected chi connectivity index (χ0v) is 18.5. The van der Waals surface area contributed by atoms with Gasteiger partial charge in [0.2, 0.25) is 0 Å². The number of benzene rings is 1. The van der Waals surface area contributed by atoms with E-state index in [9.17, 15) is 0 Å². The number of fused-ring (bicyclic) bond motifs is 1. The first kappa shape index (κ1) is 19.4. The molecular formula is C23H36N2Si. The van der Waals surface area contributed by atoms with E-state index in [2.05, 4.69) is 93.3 Å². The molecule has 0 saturated heterocycles. The summed E-state index contributed by atoms with van der Waals surface area (Å²) in [5.74, 6) is 0. The topological polar surface area (TPSA) is 8.17 Å². The number of nitrogens with zero attached hydrogens (tertiary/aromatic N) is 2. The first-order valence-corrected chi connectivity index (χ1v) is 12.5. The second-order valence-corrected chi connectivity index (χ2v) is 14.7. The summed E-state index contributed by atoms with van der Waals surface area (Å²) in [4.78, 5) is 2.60. The van der Waals surface area contributed by atoms with Crippen molar-refractivity contribution >= 4 is 8.24 Å². The Morgan fingerprint density at radius 2 is 1.50 bits per heavy atom. The molecule has 1 aromatic heterocycles. The highest BCUT2D eigenvalue weighted by Crippen LogP contribution is 2.44. The van der Waals surface area contributed by atoms with Crippen molar-refractivity contribution in [2.75, 3.05) is 6.54 Å². The van der Waals surface area contributed by atoms with Gasteiger partial charge < -0.3 is 4.23 Å². The van der Waals surface area contributed by atoms with Gasteiger partial charge in [-0.3, -0.25) is 4.90 Å². The van der Waals surface area contributed by atoms with E-state index >= 15 is 0 Å². The zero-order valence-electron chi connectivity index (χ0n) is 17.5. The van der Waals surface area contributed by atoms with E-state index in [1.54, 1.807) is 11.3 Å². The third-order valence-corrected chi connectivity index (χ3v) is 13.4. The molecule has 2 nitrogen and oxygen atoms in total. The predicted molar refractivity (Wildman–Crippen MR) is 115 cm³/mol. The van der Waals surface area contributed by atoms with Gasteiger partial charge in [0.1, 0.15) is 0 Å². The Balaban J connectivity index is 1.89. The van der Waals surface area contributed by atoms with Crippen LogP contribution in [0, 0.1) is 0 Å². The summed E-state index contributed by atoms with van der Waals surface area (Å²) in [5, 5.41) is 0. The lowest BCUT2D eigenvalue weighted by Gasteiger charge is -2.46. The standard InChI is InChI=1S/C23H36N2Si/c1-18(2)26(19(3)4,20(5)6)25-15-12-22-17-24(14-13-23(22)25)16-21-10-8-7-9-11-21/h7-12,15,18-20H,13-14,16-17H2,1-6H3. The Labute approximate surface area is 161 Å². The third kappa shape index (κ3) is 3.32. The Morgan fingerprint density at radius 1 is 0.885 bits per heavy atom. The normalized spacial score (nSPS) is 15.9. The molecule has 0 amide bonds. The molecule has 3 heteroatoms. The lowest BCUT2D eigenvalue weighted by atomic mass is 10.1. The van der Waals surface area contributed by atoms with Crippen molar-refractivity contribution in [1.82, 2.24) is 9.13 Å². The van der Waals surface area contributed by atoms with E-state index in [0.717, 1.165) is 29.7 Å². The maximum Gasteiger partial charge on any atom is 0.169 e. The molecular weight excluding hydrogens is 332 g/mol. The zero-order chi connectivity index (χ0) is 18.9. The van der Waals surface area contributed by atoms with Gasteiger partial charge in [0.05, 0.1) is 0 Å². The number of hydrogen-bond acceptors (Lipinski definition) is 1. The van der Waals surface area contributed by atoms with Crippen LogP contribution in [-0.4, -0.2) is 23.9 Å². The molecule has 0 atom stereocenters. The molecule has 0 aliphatic carbocycles. The molecule has 0 bridgehead atoms. The first-order valence-electron chi connectivity index (χ1n) is 10.3. The smallest absolute Gasteiger partial charge is 0.169 e. The van der Waals surface area contributed by atoms with Crippen molar-refractivity contribution in [3.05, 3.63) is 59.4 Å². The lowest BCUT2D eigenvalue weighted by molar-refractivity contribution is 0.244. The van der Waals surface area contributed by atoms with Gasteiger partial charge in [0, 0.05) is 25.3 Å². The van der Waals surface area contributed by atoms with Crippen LogP contribution in [-0.2, 0) is 19.5 Å². The minimum atomic E-state index is -1.63. The van der Waals surface area contributed by atoms with Crippen LogP contribution >= 0.6 is 0 Å². The second-order valence-electron chi connectivity index (χ2n) is 8.96. The fourth-order valence-corrected chi connectivity index (χ4v) is 12.4. The molecule has 142 valence electrons. The van der Waals surface area contributed by atoms with Crippen molar-refractivity contribution in [1.29, 1.82) is 0 Å². The molecule has 2 heterocycles. The van der Waals surface area contributed by atoms with E-state index in [1.807, 2.05) is 0 Å². The van der Waals surface area contributed by atoms with Gasteiger partial charge in [-0.05, 0) is 46.4 Å². The van der Waals surface area contributed by atoms with E-state index in [-0.39, 0.29) is 0 Å². The molecule has 1 aliphatic heterocycles. The molecule has 0 fully saturated rings. The van der Waals surface area contributed by atoms with Gasteiger partial charge in [-0.15, -0.1) is 0 Å². The molecule has 2 aromatic rings. The van der Waals surface area contributed by atoms with Gasteiger partial charge in [0.15, 0.2) is 8.24 Å². The third-order valence-electron chi connectivity index (χ3n) is 6.59. The predicted octanol–water partition coefficient (Wildman–Crippen LogP) is 6.07. The van der Waals surface area contributed by atoms with E-state index in [1.165, 1.54) is 18.5 Å². The maximum atomic E-state index is 2.81. The summed E-state index contributed by atoms with van der Waals surface area (Å²) < 4.78 is 2.81. The quantitative estimate of drug-likeness (QED) is 0.562. The summed E-state index contributed by atoms with van der Waals surface area (Å²) in [5.41, 5.74) is 6.87.